The van der Waals surface area contributed by atoms with E-state index in [1.54, 1.807) is 0 Å². The van der Waals surface area contributed by atoms with Gasteiger partial charge in [-0.2, -0.15) is 0 Å². The van der Waals surface area contributed by atoms with E-state index in [1.807, 2.05) is 40.7 Å². The summed E-state index contributed by atoms with van der Waals surface area (Å²) in [5, 5.41) is 0. The summed E-state index contributed by atoms with van der Waals surface area (Å²) in [6.07, 6.45) is 14.5. The Kier molecular flexibility index (Phi) is 8.35. The lowest BCUT2D eigenvalue weighted by Gasteiger charge is -2.01. The first-order valence-electron chi connectivity index (χ1n) is 6.94. The average Bonchev–Trinajstić information content (AvgIpc) is 2.68. The third kappa shape index (κ3) is 3.85. The second-order valence-electron chi connectivity index (χ2n) is 3.86. The number of allylic oxidation sites excluding steroid dienone is 3. The van der Waals surface area contributed by atoms with E-state index >= 15 is 0 Å². The van der Waals surface area contributed by atoms with Crippen molar-refractivity contribution in [1.29, 1.82) is 0 Å². The van der Waals surface area contributed by atoms with Crippen LogP contribution in [0.25, 0.3) is 24.3 Å². The highest BCUT2D eigenvalue weighted by molar-refractivity contribution is 5.79. The normalized spacial score (nSPS) is 11.3. The molecule has 0 aromatic carbocycles. The predicted octanol–water partition coefficient (Wildman–Crippen LogP) is 5.79. The van der Waals surface area contributed by atoms with Gasteiger partial charge in [0.15, 0.2) is 0 Å². The van der Waals surface area contributed by atoms with Gasteiger partial charge in [0.25, 0.3) is 0 Å². The lowest BCUT2D eigenvalue weighted by atomic mass is 10.1. The number of rotatable bonds is 4. The van der Waals surface area contributed by atoms with Crippen molar-refractivity contribution in [3.05, 3.63) is 47.3 Å². The third-order valence-corrected chi connectivity index (χ3v) is 2.75. The van der Waals surface area contributed by atoms with Crippen LogP contribution in [0.2, 0.25) is 0 Å². The zero-order valence-electron chi connectivity index (χ0n) is 13.2. The molecule has 104 valence electrons. The molecule has 0 N–H and O–H groups in total. The molecular formula is C18H27N. The fourth-order valence-electron chi connectivity index (χ4n) is 2.04. The SMILES string of the molecule is C=Cc1c(/C=C\C)c(/C=C\C)n(C)c1/C=C\C.CC. The van der Waals surface area contributed by atoms with Crippen LogP contribution in [0.5, 0.6) is 0 Å². The fourth-order valence-corrected chi connectivity index (χ4v) is 2.04. The molecular weight excluding hydrogens is 230 g/mol. The molecule has 0 radical (unpaired) electrons. The van der Waals surface area contributed by atoms with Crippen LogP contribution in [0.15, 0.2) is 24.8 Å². The zero-order chi connectivity index (χ0) is 14.8. The highest BCUT2D eigenvalue weighted by atomic mass is 15.0. The van der Waals surface area contributed by atoms with Gasteiger partial charge in [0.1, 0.15) is 0 Å². The summed E-state index contributed by atoms with van der Waals surface area (Å²) in [6.45, 7) is 14.0. The van der Waals surface area contributed by atoms with Crippen LogP contribution < -0.4 is 0 Å². The molecule has 1 heteroatoms. The van der Waals surface area contributed by atoms with E-state index in [-0.39, 0.29) is 0 Å². The maximum absolute atomic E-state index is 3.93. The van der Waals surface area contributed by atoms with Gasteiger partial charge in [-0.15, -0.1) is 0 Å². The molecule has 0 aliphatic carbocycles. The molecule has 0 fully saturated rings. The van der Waals surface area contributed by atoms with E-state index < -0.39 is 0 Å². The molecule has 0 amide bonds. The van der Waals surface area contributed by atoms with Gasteiger partial charge in [0.05, 0.1) is 0 Å². The Morgan fingerprint density at radius 1 is 0.789 bits per heavy atom. The smallest absolute Gasteiger partial charge is 0.0485 e. The molecule has 0 spiro atoms. The van der Waals surface area contributed by atoms with Gasteiger partial charge >= 0.3 is 0 Å². The topological polar surface area (TPSA) is 4.93 Å². The van der Waals surface area contributed by atoms with Crippen molar-refractivity contribution in [3.8, 4) is 0 Å². The Labute approximate surface area is 118 Å². The van der Waals surface area contributed by atoms with Crippen LogP contribution in [0.3, 0.4) is 0 Å². The summed E-state index contributed by atoms with van der Waals surface area (Å²) in [5.74, 6) is 0. The average molecular weight is 257 g/mol. The number of hydrogen-bond donors (Lipinski definition) is 0. The molecule has 1 aromatic rings. The first-order chi connectivity index (χ1) is 9.21. The minimum atomic E-state index is 1.19. The lowest BCUT2D eigenvalue weighted by Crippen LogP contribution is -1.94. The largest absolute Gasteiger partial charge is 0.344 e. The third-order valence-electron chi connectivity index (χ3n) is 2.75. The summed E-state index contributed by atoms with van der Waals surface area (Å²) in [7, 11) is 2.09. The molecule has 1 aromatic heterocycles. The first-order valence-corrected chi connectivity index (χ1v) is 6.94. The zero-order valence-corrected chi connectivity index (χ0v) is 13.2. The lowest BCUT2D eigenvalue weighted by molar-refractivity contribution is 0.900. The maximum Gasteiger partial charge on any atom is 0.0485 e. The molecule has 1 heterocycles. The monoisotopic (exact) mass is 257 g/mol. The highest BCUT2D eigenvalue weighted by Crippen LogP contribution is 2.27. The second-order valence-corrected chi connectivity index (χ2v) is 3.86. The van der Waals surface area contributed by atoms with E-state index in [0.29, 0.717) is 0 Å². The van der Waals surface area contributed by atoms with Crippen LogP contribution in [-0.4, -0.2) is 4.57 Å². The number of aromatic nitrogens is 1. The van der Waals surface area contributed by atoms with Crippen molar-refractivity contribution in [1.82, 2.24) is 4.57 Å². The van der Waals surface area contributed by atoms with Crippen LogP contribution in [0.1, 0.15) is 57.1 Å². The quantitative estimate of drug-likeness (QED) is 0.643. The molecule has 19 heavy (non-hydrogen) atoms. The van der Waals surface area contributed by atoms with Gasteiger partial charge in [0, 0.05) is 29.6 Å². The standard InChI is InChI=1S/C16H21N.C2H6/c1-6-10-14-13(9-4)15(11-7-2)17(5)16(14)12-8-3;1-2/h6-12H,4H2,1-3,5H3;1-2H3/b10-6-,11-7-,12-8-;. The van der Waals surface area contributed by atoms with Crippen molar-refractivity contribution in [2.45, 2.75) is 34.6 Å². The molecule has 1 rings (SSSR count). The van der Waals surface area contributed by atoms with Gasteiger partial charge in [-0.25, -0.2) is 0 Å². The minimum Gasteiger partial charge on any atom is -0.344 e. The van der Waals surface area contributed by atoms with Crippen molar-refractivity contribution >= 4 is 24.3 Å². The van der Waals surface area contributed by atoms with Crippen LogP contribution >= 0.6 is 0 Å². The summed E-state index contributed by atoms with van der Waals surface area (Å²) in [6, 6.07) is 0. The van der Waals surface area contributed by atoms with Gasteiger partial charge in [-0.1, -0.05) is 50.8 Å². The van der Waals surface area contributed by atoms with Crippen molar-refractivity contribution < 1.29 is 0 Å². The molecule has 0 aliphatic heterocycles. The molecule has 0 bridgehead atoms. The second kappa shape index (κ2) is 9.21. The highest BCUT2D eigenvalue weighted by Gasteiger charge is 2.13. The fraction of sp³-hybridized carbons (Fsp3) is 0.333. The van der Waals surface area contributed by atoms with Gasteiger partial charge in [-0.3, -0.25) is 0 Å². The van der Waals surface area contributed by atoms with Crippen molar-refractivity contribution in [3.63, 3.8) is 0 Å². The predicted molar refractivity (Wildman–Crippen MR) is 91.0 cm³/mol. The van der Waals surface area contributed by atoms with E-state index in [1.165, 1.54) is 22.5 Å². The van der Waals surface area contributed by atoms with E-state index in [4.69, 9.17) is 0 Å². The number of hydrogen-bond acceptors (Lipinski definition) is 0. The summed E-state index contributed by atoms with van der Waals surface area (Å²) in [5.41, 5.74) is 4.84. The minimum absolute atomic E-state index is 1.19. The molecule has 0 aliphatic rings. The van der Waals surface area contributed by atoms with Gasteiger partial charge < -0.3 is 4.57 Å². The van der Waals surface area contributed by atoms with E-state index in [0.717, 1.165) is 0 Å². The van der Waals surface area contributed by atoms with Crippen LogP contribution in [0, 0.1) is 0 Å². The summed E-state index contributed by atoms with van der Waals surface area (Å²) >= 11 is 0. The number of nitrogens with zero attached hydrogens (tertiary/aromatic N) is 1. The summed E-state index contributed by atoms with van der Waals surface area (Å²) < 4.78 is 2.20. The van der Waals surface area contributed by atoms with Gasteiger partial charge in [0.2, 0.25) is 0 Å². The Hall–Kier alpha value is -1.76. The first kappa shape index (κ1) is 17.2. The molecule has 0 atom stereocenters. The molecule has 1 nitrogen and oxygen atoms in total. The Balaban J connectivity index is 0.00000154. The Morgan fingerprint density at radius 2 is 1.21 bits per heavy atom. The van der Waals surface area contributed by atoms with Crippen LogP contribution in [-0.2, 0) is 7.05 Å². The van der Waals surface area contributed by atoms with Crippen molar-refractivity contribution in [2.24, 2.45) is 7.05 Å². The molecule has 0 saturated heterocycles. The van der Waals surface area contributed by atoms with Crippen LogP contribution in [0.4, 0.5) is 0 Å². The molecule has 0 saturated carbocycles. The van der Waals surface area contributed by atoms with E-state index in [2.05, 4.69) is 54.6 Å². The summed E-state index contributed by atoms with van der Waals surface area (Å²) in [4.78, 5) is 0. The Morgan fingerprint density at radius 3 is 1.58 bits per heavy atom. The maximum atomic E-state index is 3.93. The molecule has 0 unspecified atom stereocenters. The van der Waals surface area contributed by atoms with Crippen molar-refractivity contribution in [2.75, 3.05) is 0 Å². The Bertz CT molecular complexity index is 482. The van der Waals surface area contributed by atoms with Gasteiger partial charge in [-0.05, 0) is 32.9 Å². The van der Waals surface area contributed by atoms with E-state index in [9.17, 15) is 0 Å².